The molecule has 2 N–H and O–H groups in total. The highest BCUT2D eigenvalue weighted by molar-refractivity contribution is 5.90. The van der Waals surface area contributed by atoms with Crippen molar-refractivity contribution in [3.05, 3.63) is 48.0 Å². The van der Waals surface area contributed by atoms with Crippen LogP contribution < -0.4 is 25.0 Å². The Balaban J connectivity index is 0.00000245. The molecule has 7 nitrogen and oxygen atoms in total. The molecule has 0 atom stereocenters. The molecule has 1 saturated carbocycles. The fourth-order valence-electron chi connectivity index (χ4n) is 4.40. The standard InChI is InChI=1S/C24H29N5O2.CH4/c1-29(2)23-19-5-3-4-6-20(19)27-24(28-23)26-18-10-8-17(9-11-18)25-14-16-7-12-21-22(13-16)31-15-30-21;/h3-7,12-13,17-18,25H,8-11,14-15H2,1-2H3,(H,26,27,28);1H4. The number of hydrogen-bond donors (Lipinski definition) is 2. The van der Waals surface area contributed by atoms with Gasteiger partial charge in [0.15, 0.2) is 11.5 Å². The zero-order valence-corrected chi connectivity index (χ0v) is 18.1. The first-order valence-electron chi connectivity index (χ1n) is 11.0. The molecule has 7 heteroatoms. The van der Waals surface area contributed by atoms with Gasteiger partial charge >= 0.3 is 0 Å². The van der Waals surface area contributed by atoms with Gasteiger partial charge < -0.3 is 25.0 Å². The van der Waals surface area contributed by atoms with E-state index in [2.05, 4.69) is 28.8 Å². The van der Waals surface area contributed by atoms with Crippen LogP contribution in [0.1, 0.15) is 38.7 Å². The Labute approximate surface area is 190 Å². The van der Waals surface area contributed by atoms with Crippen LogP contribution in [0.25, 0.3) is 10.9 Å². The van der Waals surface area contributed by atoms with Crippen LogP contribution in [-0.4, -0.2) is 42.9 Å². The van der Waals surface area contributed by atoms with Crippen LogP contribution >= 0.6 is 0 Å². The second-order valence-corrected chi connectivity index (χ2v) is 8.54. The van der Waals surface area contributed by atoms with E-state index in [1.807, 2.05) is 43.3 Å². The maximum Gasteiger partial charge on any atom is 0.231 e. The normalized spacial score (nSPS) is 19.4. The lowest BCUT2D eigenvalue weighted by molar-refractivity contribution is 0.174. The second-order valence-electron chi connectivity index (χ2n) is 8.54. The highest BCUT2D eigenvalue weighted by Gasteiger charge is 2.22. The van der Waals surface area contributed by atoms with E-state index in [0.29, 0.717) is 18.9 Å². The topological polar surface area (TPSA) is 71.5 Å². The Morgan fingerprint density at radius 1 is 0.938 bits per heavy atom. The average molecular weight is 436 g/mol. The predicted octanol–water partition coefficient (Wildman–Crippen LogP) is 4.57. The largest absolute Gasteiger partial charge is 0.454 e. The van der Waals surface area contributed by atoms with Gasteiger partial charge in [0, 0.05) is 38.1 Å². The van der Waals surface area contributed by atoms with E-state index < -0.39 is 0 Å². The molecule has 1 fully saturated rings. The van der Waals surface area contributed by atoms with Crippen molar-refractivity contribution in [2.45, 2.75) is 51.7 Å². The van der Waals surface area contributed by atoms with Gasteiger partial charge in [-0.2, -0.15) is 4.98 Å². The third-order valence-electron chi connectivity index (χ3n) is 6.10. The molecule has 2 aromatic carbocycles. The Hall–Kier alpha value is -3.06. The maximum absolute atomic E-state index is 5.48. The highest BCUT2D eigenvalue weighted by atomic mass is 16.7. The van der Waals surface area contributed by atoms with Crippen molar-refractivity contribution in [2.24, 2.45) is 0 Å². The molecule has 2 heterocycles. The number of anilines is 2. The molecule has 0 amide bonds. The maximum atomic E-state index is 5.48. The number of rotatable bonds is 6. The summed E-state index contributed by atoms with van der Waals surface area (Å²) in [6.45, 7) is 1.17. The van der Waals surface area contributed by atoms with Crippen LogP contribution in [0.15, 0.2) is 42.5 Å². The number of hydrogen-bond acceptors (Lipinski definition) is 7. The summed E-state index contributed by atoms with van der Waals surface area (Å²) in [5.74, 6) is 3.36. The van der Waals surface area contributed by atoms with Crippen molar-refractivity contribution in [2.75, 3.05) is 31.1 Å². The quantitative estimate of drug-likeness (QED) is 0.587. The lowest BCUT2D eigenvalue weighted by Gasteiger charge is -2.30. The van der Waals surface area contributed by atoms with Crippen LogP contribution in [0.5, 0.6) is 11.5 Å². The summed E-state index contributed by atoms with van der Waals surface area (Å²) in [6, 6.07) is 15.3. The van der Waals surface area contributed by atoms with E-state index in [1.165, 1.54) is 5.56 Å². The minimum Gasteiger partial charge on any atom is -0.454 e. The minimum absolute atomic E-state index is 0. The molecule has 170 valence electrons. The van der Waals surface area contributed by atoms with Crippen molar-refractivity contribution in [3.63, 3.8) is 0 Å². The van der Waals surface area contributed by atoms with E-state index in [9.17, 15) is 0 Å². The Morgan fingerprint density at radius 3 is 2.50 bits per heavy atom. The fraction of sp³-hybridized carbons (Fsp3) is 0.440. The van der Waals surface area contributed by atoms with Gasteiger partial charge in [-0.05, 0) is 55.5 Å². The van der Waals surface area contributed by atoms with E-state index in [4.69, 9.17) is 19.4 Å². The van der Waals surface area contributed by atoms with Crippen molar-refractivity contribution in [1.82, 2.24) is 15.3 Å². The van der Waals surface area contributed by atoms with E-state index >= 15 is 0 Å². The smallest absolute Gasteiger partial charge is 0.231 e. The van der Waals surface area contributed by atoms with Gasteiger partial charge in [-0.3, -0.25) is 0 Å². The van der Waals surface area contributed by atoms with E-state index in [-0.39, 0.29) is 7.43 Å². The third kappa shape index (κ3) is 4.72. The van der Waals surface area contributed by atoms with Crippen LogP contribution in [0, 0.1) is 0 Å². The minimum atomic E-state index is 0. The molecule has 0 radical (unpaired) electrons. The fourth-order valence-corrected chi connectivity index (χ4v) is 4.40. The van der Waals surface area contributed by atoms with Gasteiger partial charge in [-0.1, -0.05) is 25.6 Å². The van der Waals surface area contributed by atoms with Gasteiger partial charge in [0.1, 0.15) is 5.82 Å². The molecular weight excluding hydrogens is 402 g/mol. The molecule has 2 aliphatic rings. The van der Waals surface area contributed by atoms with Crippen molar-refractivity contribution in [1.29, 1.82) is 0 Å². The van der Waals surface area contributed by atoms with Crippen LogP contribution in [0.2, 0.25) is 0 Å². The van der Waals surface area contributed by atoms with Gasteiger partial charge in [-0.15, -0.1) is 0 Å². The number of aromatic nitrogens is 2. The third-order valence-corrected chi connectivity index (χ3v) is 6.10. The molecule has 3 aromatic rings. The summed E-state index contributed by atoms with van der Waals surface area (Å²) >= 11 is 0. The first kappa shape index (κ1) is 22.1. The Kier molecular flexibility index (Phi) is 6.65. The number of para-hydroxylation sites is 1. The van der Waals surface area contributed by atoms with E-state index in [1.54, 1.807) is 0 Å². The summed E-state index contributed by atoms with van der Waals surface area (Å²) in [7, 11) is 4.05. The van der Waals surface area contributed by atoms with Gasteiger partial charge in [-0.25, -0.2) is 4.98 Å². The number of nitrogens with one attached hydrogen (secondary N) is 2. The van der Waals surface area contributed by atoms with Crippen molar-refractivity contribution in [3.8, 4) is 11.5 Å². The average Bonchev–Trinajstić information content (AvgIpc) is 3.26. The van der Waals surface area contributed by atoms with Gasteiger partial charge in [0.2, 0.25) is 12.7 Å². The van der Waals surface area contributed by atoms with Crippen LogP contribution in [-0.2, 0) is 6.54 Å². The molecule has 5 rings (SSSR count). The summed E-state index contributed by atoms with van der Waals surface area (Å²) in [5, 5.41) is 8.36. The molecule has 1 aromatic heterocycles. The number of fused-ring (bicyclic) bond motifs is 2. The molecular formula is C25H33N5O2. The van der Waals surface area contributed by atoms with Gasteiger partial charge in [0.25, 0.3) is 0 Å². The molecule has 0 unspecified atom stereocenters. The van der Waals surface area contributed by atoms with Gasteiger partial charge in [0.05, 0.1) is 5.52 Å². The summed E-state index contributed by atoms with van der Waals surface area (Å²) in [6.07, 6.45) is 4.48. The summed E-state index contributed by atoms with van der Waals surface area (Å²) < 4.78 is 10.9. The second kappa shape index (κ2) is 9.61. The van der Waals surface area contributed by atoms with Crippen molar-refractivity contribution >= 4 is 22.7 Å². The molecule has 0 spiro atoms. The molecule has 1 aliphatic carbocycles. The number of ether oxygens (including phenoxy) is 2. The molecule has 32 heavy (non-hydrogen) atoms. The summed E-state index contributed by atoms with van der Waals surface area (Å²) in [4.78, 5) is 11.6. The number of nitrogens with zero attached hydrogens (tertiary/aromatic N) is 3. The first-order chi connectivity index (χ1) is 15.2. The van der Waals surface area contributed by atoms with Crippen LogP contribution in [0.4, 0.5) is 11.8 Å². The molecule has 0 bridgehead atoms. The SMILES string of the molecule is C.CN(C)c1nc(NC2CCC(NCc3ccc4c(c3)OCO4)CC2)nc2ccccc12. The zero-order chi connectivity index (χ0) is 21.2. The Morgan fingerprint density at radius 2 is 1.69 bits per heavy atom. The predicted molar refractivity (Wildman–Crippen MR) is 130 cm³/mol. The van der Waals surface area contributed by atoms with Crippen LogP contribution in [0.3, 0.4) is 0 Å². The zero-order valence-electron chi connectivity index (χ0n) is 18.1. The highest BCUT2D eigenvalue weighted by Crippen LogP contribution is 2.32. The van der Waals surface area contributed by atoms with Crippen molar-refractivity contribution < 1.29 is 9.47 Å². The Bertz CT molecular complexity index is 1060. The van der Waals surface area contributed by atoms with E-state index in [0.717, 1.165) is 66.4 Å². The molecule has 0 saturated heterocycles. The summed E-state index contributed by atoms with van der Waals surface area (Å²) in [5.41, 5.74) is 2.20. The molecule has 1 aliphatic heterocycles. The number of benzene rings is 2. The lowest BCUT2D eigenvalue weighted by Crippen LogP contribution is -2.37. The monoisotopic (exact) mass is 435 g/mol. The lowest BCUT2D eigenvalue weighted by atomic mass is 9.91. The first-order valence-corrected chi connectivity index (χ1v) is 11.0.